The highest BCUT2D eigenvalue weighted by atomic mass is 35.5. The van der Waals surface area contributed by atoms with Crippen LogP contribution in [0.15, 0.2) is 29.2 Å². The second-order valence-electron chi connectivity index (χ2n) is 7.01. The summed E-state index contributed by atoms with van der Waals surface area (Å²) in [5.74, 6) is -2.29. The van der Waals surface area contributed by atoms with E-state index >= 15 is 0 Å². The molecule has 2 aromatic heterocycles. The number of anilines is 1. The minimum Gasteiger partial charge on any atom is -0.381 e. The lowest BCUT2D eigenvalue weighted by Crippen LogP contribution is -2.42. The van der Waals surface area contributed by atoms with Crippen molar-refractivity contribution in [2.45, 2.75) is 18.9 Å². The number of hydrogen-bond acceptors (Lipinski definition) is 4. The fourth-order valence-corrected chi connectivity index (χ4v) is 3.74. The van der Waals surface area contributed by atoms with Gasteiger partial charge < -0.3 is 15.2 Å². The average Bonchev–Trinajstić information content (AvgIpc) is 3.04. The minimum absolute atomic E-state index is 0.0264. The molecule has 3 aromatic rings. The van der Waals surface area contributed by atoms with Gasteiger partial charge in [0.25, 0.3) is 11.5 Å². The number of aryl methyl sites for hydroxylation is 1. The van der Waals surface area contributed by atoms with Crippen LogP contribution in [-0.4, -0.2) is 44.7 Å². The molecule has 0 atom stereocenters. The number of H-pyrrole nitrogens is 1. The van der Waals surface area contributed by atoms with Gasteiger partial charge in [0.05, 0.1) is 17.3 Å². The van der Waals surface area contributed by atoms with E-state index in [0.717, 1.165) is 6.07 Å². The number of nitrogens with one attached hydrogen (secondary N) is 2. The molecule has 0 aliphatic carbocycles. The normalized spacial score (nSPS) is 15.1. The van der Waals surface area contributed by atoms with E-state index in [9.17, 15) is 18.4 Å². The number of carbonyl (C=O) groups is 1. The van der Waals surface area contributed by atoms with Gasteiger partial charge in [0.15, 0.2) is 11.6 Å². The summed E-state index contributed by atoms with van der Waals surface area (Å²) in [5.41, 5.74) is 0.101. The van der Waals surface area contributed by atoms with Crippen molar-refractivity contribution in [3.63, 3.8) is 0 Å². The third kappa shape index (κ3) is 3.57. The van der Waals surface area contributed by atoms with E-state index in [4.69, 9.17) is 11.6 Å². The maximum Gasteiger partial charge on any atom is 0.258 e. The Bertz CT molecular complexity index is 1150. The van der Waals surface area contributed by atoms with Crippen molar-refractivity contribution in [2.75, 3.05) is 18.4 Å². The largest absolute Gasteiger partial charge is 0.381 e. The van der Waals surface area contributed by atoms with Gasteiger partial charge in [0, 0.05) is 43.3 Å². The molecule has 3 heterocycles. The van der Waals surface area contributed by atoms with E-state index in [1.54, 1.807) is 11.9 Å². The Morgan fingerprint density at radius 3 is 2.69 bits per heavy atom. The molecule has 0 radical (unpaired) electrons. The standard InChI is InChI=1S/C19H18ClF2N5O2/c1-26-18(20)12(9-23-26)19(29)27-6-4-10(5-7-27)24-14-8-15(28)25-17-11(14)2-3-13(21)16(17)22/h2-3,8-10H,4-7H2,1H3,(H2,24,25,28). The van der Waals surface area contributed by atoms with Gasteiger partial charge in [0.2, 0.25) is 0 Å². The zero-order valence-electron chi connectivity index (χ0n) is 15.5. The van der Waals surface area contributed by atoms with Crippen LogP contribution in [0.25, 0.3) is 10.9 Å². The first-order valence-corrected chi connectivity index (χ1v) is 9.47. The van der Waals surface area contributed by atoms with Crippen LogP contribution in [0.3, 0.4) is 0 Å². The second kappa shape index (κ2) is 7.47. The van der Waals surface area contributed by atoms with Crippen LogP contribution in [0, 0.1) is 11.6 Å². The lowest BCUT2D eigenvalue weighted by molar-refractivity contribution is 0.0718. The molecule has 0 saturated carbocycles. The van der Waals surface area contributed by atoms with Gasteiger partial charge in [-0.25, -0.2) is 8.78 Å². The molecule has 29 heavy (non-hydrogen) atoms. The fourth-order valence-electron chi connectivity index (χ4n) is 3.57. The first kappa shape index (κ1) is 19.4. The molecule has 1 aliphatic heterocycles. The highest BCUT2D eigenvalue weighted by Crippen LogP contribution is 2.26. The molecule has 152 valence electrons. The first-order valence-electron chi connectivity index (χ1n) is 9.09. The van der Waals surface area contributed by atoms with Gasteiger partial charge in [-0.15, -0.1) is 0 Å². The number of carbonyl (C=O) groups excluding carboxylic acids is 1. The van der Waals surface area contributed by atoms with Gasteiger partial charge >= 0.3 is 0 Å². The third-order valence-electron chi connectivity index (χ3n) is 5.15. The zero-order chi connectivity index (χ0) is 20.7. The van der Waals surface area contributed by atoms with Gasteiger partial charge in [-0.2, -0.15) is 5.10 Å². The average molecular weight is 422 g/mol. The van der Waals surface area contributed by atoms with Crippen LogP contribution in [0.2, 0.25) is 5.15 Å². The van der Waals surface area contributed by atoms with Gasteiger partial charge in [0.1, 0.15) is 5.15 Å². The highest BCUT2D eigenvalue weighted by molar-refractivity contribution is 6.32. The summed E-state index contributed by atoms with van der Waals surface area (Å²) in [5, 5.41) is 7.91. The smallest absolute Gasteiger partial charge is 0.258 e. The molecule has 1 aliphatic rings. The molecule has 1 amide bonds. The van der Waals surface area contributed by atoms with Crippen molar-refractivity contribution in [2.24, 2.45) is 7.05 Å². The molecule has 10 heteroatoms. The van der Waals surface area contributed by atoms with Gasteiger partial charge in [-0.1, -0.05) is 11.6 Å². The molecule has 1 aromatic carbocycles. The van der Waals surface area contributed by atoms with Crippen LogP contribution < -0.4 is 10.9 Å². The quantitative estimate of drug-likeness (QED) is 0.681. The van der Waals surface area contributed by atoms with Crippen LogP contribution in [-0.2, 0) is 7.05 Å². The molecule has 0 bridgehead atoms. The molecule has 0 unspecified atom stereocenters. The number of aromatic amines is 1. The number of rotatable bonds is 3. The zero-order valence-corrected chi connectivity index (χ0v) is 16.3. The van der Waals surface area contributed by atoms with E-state index in [2.05, 4.69) is 15.4 Å². The number of nitrogens with zero attached hydrogens (tertiary/aromatic N) is 3. The van der Waals surface area contributed by atoms with E-state index in [-0.39, 0.29) is 17.5 Å². The molecule has 0 spiro atoms. The van der Waals surface area contributed by atoms with Crippen LogP contribution in [0.1, 0.15) is 23.2 Å². The summed E-state index contributed by atoms with van der Waals surface area (Å²) in [6, 6.07) is 3.75. The highest BCUT2D eigenvalue weighted by Gasteiger charge is 2.26. The number of aromatic nitrogens is 3. The van der Waals surface area contributed by atoms with Crippen molar-refractivity contribution in [1.82, 2.24) is 19.7 Å². The Morgan fingerprint density at radius 2 is 2.03 bits per heavy atom. The molecule has 2 N–H and O–H groups in total. The van der Waals surface area contributed by atoms with Gasteiger partial charge in [-0.3, -0.25) is 14.3 Å². The minimum atomic E-state index is -1.09. The summed E-state index contributed by atoms with van der Waals surface area (Å²) in [6.07, 6.45) is 2.70. The second-order valence-corrected chi connectivity index (χ2v) is 7.37. The summed E-state index contributed by atoms with van der Waals surface area (Å²) in [6.45, 7) is 0.984. The number of piperidine rings is 1. The Labute approximate surface area is 169 Å². The number of pyridine rings is 1. The Balaban J connectivity index is 1.49. The van der Waals surface area contributed by atoms with Crippen molar-refractivity contribution in [3.8, 4) is 0 Å². The number of amides is 1. The summed E-state index contributed by atoms with van der Waals surface area (Å²) in [7, 11) is 1.66. The van der Waals surface area contributed by atoms with Crippen molar-refractivity contribution < 1.29 is 13.6 Å². The van der Waals surface area contributed by atoms with Crippen LogP contribution in [0.5, 0.6) is 0 Å². The van der Waals surface area contributed by atoms with Crippen LogP contribution in [0.4, 0.5) is 14.5 Å². The lowest BCUT2D eigenvalue weighted by Gasteiger charge is -2.33. The first-order chi connectivity index (χ1) is 13.8. The van der Waals surface area contributed by atoms with Gasteiger partial charge in [-0.05, 0) is 25.0 Å². The summed E-state index contributed by atoms with van der Waals surface area (Å²) < 4.78 is 29.0. The van der Waals surface area contributed by atoms with E-state index in [0.29, 0.717) is 47.7 Å². The fraction of sp³-hybridized carbons (Fsp3) is 0.316. The Kier molecular flexibility index (Phi) is 4.99. The number of halogens is 3. The Morgan fingerprint density at radius 1 is 1.31 bits per heavy atom. The lowest BCUT2D eigenvalue weighted by atomic mass is 10.0. The molecule has 4 rings (SSSR count). The molecule has 7 nitrogen and oxygen atoms in total. The van der Waals surface area contributed by atoms with Crippen molar-refractivity contribution in [1.29, 1.82) is 0 Å². The summed E-state index contributed by atoms with van der Waals surface area (Å²) >= 11 is 6.10. The SMILES string of the molecule is Cn1ncc(C(=O)N2CCC(Nc3cc(=O)[nH]c4c(F)c(F)ccc34)CC2)c1Cl. The van der Waals surface area contributed by atoms with Crippen molar-refractivity contribution in [3.05, 3.63) is 57.1 Å². The molecule has 1 fully saturated rings. The number of fused-ring (bicyclic) bond motifs is 1. The summed E-state index contributed by atoms with van der Waals surface area (Å²) in [4.78, 5) is 28.6. The maximum atomic E-state index is 14.0. The third-order valence-corrected chi connectivity index (χ3v) is 5.60. The number of likely N-dealkylation sites (tertiary alicyclic amines) is 1. The maximum absolute atomic E-state index is 14.0. The Hall–Kier alpha value is -2.94. The van der Waals surface area contributed by atoms with E-state index < -0.39 is 17.2 Å². The molecular weight excluding hydrogens is 404 g/mol. The van der Waals surface area contributed by atoms with Crippen LogP contribution >= 0.6 is 11.6 Å². The number of hydrogen-bond donors (Lipinski definition) is 2. The van der Waals surface area contributed by atoms with E-state index in [1.165, 1.54) is 23.0 Å². The predicted molar refractivity (Wildman–Crippen MR) is 105 cm³/mol. The monoisotopic (exact) mass is 421 g/mol. The number of benzene rings is 1. The van der Waals surface area contributed by atoms with Crippen molar-refractivity contribution >= 4 is 34.1 Å². The topological polar surface area (TPSA) is 83.0 Å². The molecule has 1 saturated heterocycles. The predicted octanol–water partition coefficient (Wildman–Crippen LogP) is 2.91. The molecular formula is C19H18ClF2N5O2. The van der Waals surface area contributed by atoms with E-state index in [1.807, 2.05) is 0 Å².